The second-order valence-corrected chi connectivity index (χ2v) is 9.29. The smallest absolute Gasteiger partial charge is 0.0455 e. The summed E-state index contributed by atoms with van der Waals surface area (Å²) in [6.07, 6.45) is 5.47. The van der Waals surface area contributed by atoms with Crippen LogP contribution in [0.2, 0.25) is 0 Å². The van der Waals surface area contributed by atoms with Gasteiger partial charge < -0.3 is 10.6 Å². The highest BCUT2D eigenvalue weighted by molar-refractivity contribution is 7.17. The molecular weight excluding hydrogens is 350 g/mol. The van der Waals surface area contributed by atoms with Gasteiger partial charge in [0.15, 0.2) is 0 Å². The van der Waals surface area contributed by atoms with Crippen LogP contribution in [0.4, 0.5) is 5.69 Å². The third kappa shape index (κ3) is 3.18. The Morgan fingerprint density at radius 1 is 1.04 bits per heavy atom. The number of anilines is 1. The molecule has 0 radical (unpaired) electrons. The Morgan fingerprint density at radius 3 is 2.52 bits per heavy atom. The average Bonchev–Trinajstić information content (AvgIpc) is 3.01. The number of hydrogen-bond donors (Lipinski definition) is 1. The van der Waals surface area contributed by atoms with Crippen LogP contribution in [0.5, 0.6) is 0 Å². The minimum atomic E-state index is 0. The molecule has 2 aliphatic carbocycles. The van der Waals surface area contributed by atoms with Crippen LogP contribution >= 0.6 is 23.7 Å². The molecule has 0 atom stereocenters. The quantitative estimate of drug-likeness (QED) is 0.878. The lowest BCUT2D eigenvalue weighted by Gasteiger charge is -2.58. The molecule has 5 rings (SSSR count). The average molecular weight is 378 g/mol. The van der Waals surface area contributed by atoms with Crippen molar-refractivity contribution in [2.24, 2.45) is 17.1 Å². The Labute approximate surface area is 160 Å². The maximum Gasteiger partial charge on any atom is 0.0455 e. The number of fused-ring (bicyclic) bond motifs is 1. The van der Waals surface area contributed by atoms with Crippen LogP contribution in [0, 0.1) is 11.3 Å². The second-order valence-electron chi connectivity index (χ2n) is 8.34. The first kappa shape index (κ1) is 17.6. The van der Waals surface area contributed by atoms with Crippen molar-refractivity contribution in [3.8, 4) is 0 Å². The zero-order valence-electron chi connectivity index (χ0n) is 14.7. The Balaban J connectivity index is 0.00000157. The van der Waals surface area contributed by atoms with Gasteiger partial charge in [-0.1, -0.05) is 6.07 Å². The summed E-state index contributed by atoms with van der Waals surface area (Å²) in [5.41, 5.74) is 8.09. The molecule has 1 aliphatic heterocycles. The van der Waals surface area contributed by atoms with Gasteiger partial charge in [-0.15, -0.1) is 23.7 Å². The topological polar surface area (TPSA) is 32.5 Å². The molecule has 5 heteroatoms. The standard InChI is InChI=1S/C20H27N3S.ClH/c21-16-12-20(13-16)10-15(11-20)14-22-5-7-23(8-6-22)18-2-1-3-19-17(18)4-9-24-19;/h1-4,9,15-16H,5-8,10-14,21H2;1H. The summed E-state index contributed by atoms with van der Waals surface area (Å²) in [7, 11) is 0. The summed E-state index contributed by atoms with van der Waals surface area (Å²) in [4.78, 5) is 5.28. The van der Waals surface area contributed by atoms with Crippen molar-refractivity contribution in [1.29, 1.82) is 0 Å². The zero-order chi connectivity index (χ0) is 16.1. The number of nitrogens with two attached hydrogens (primary N) is 1. The molecule has 2 aromatic rings. The maximum absolute atomic E-state index is 5.98. The van der Waals surface area contributed by atoms with Crippen molar-refractivity contribution in [2.45, 2.75) is 31.7 Å². The van der Waals surface area contributed by atoms with Gasteiger partial charge in [0.05, 0.1) is 0 Å². The number of nitrogens with zero attached hydrogens (tertiary/aromatic N) is 2. The number of piperazine rings is 1. The predicted octanol–water partition coefficient (Wildman–Crippen LogP) is 3.96. The first-order chi connectivity index (χ1) is 11.7. The number of hydrogen-bond acceptors (Lipinski definition) is 4. The van der Waals surface area contributed by atoms with Crippen LogP contribution in [-0.2, 0) is 0 Å². The lowest BCUT2D eigenvalue weighted by Crippen LogP contribution is -2.56. The molecule has 3 nitrogen and oxygen atoms in total. The molecule has 0 bridgehead atoms. The van der Waals surface area contributed by atoms with Crippen LogP contribution < -0.4 is 10.6 Å². The van der Waals surface area contributed by atoms with Crippen LogP contribution in [0.25, 0.3) is 10.1 Å². The predicted molar refractivity (Wildman–Crippen MR) is 110 cm³/mol. The van der Waals surface area contributed by atoms with Crippen molar-refractivity contribution < 1.29 is 0 Å². The molecule has 25 heavy (non-hydrogen) atoms. The molecular formula is C20H28ClN3S. The SMILES string of the molecule is Cl.NC1CC2(C1)CC(CN1CCN(c3cccc4sccc34)CC1)C2. The van der Waals surface area contributed by atoms with E-state index in [-0.39, 0.29) is 12.4 Å². The maximum atomic E-state index is 5.98. The highest BCUT2D eigenvalue weighted by Gasteiger charge is 2.51. The number of rotatable bonds is 3. The Morgan fingerprint density at radius 2 is 1.80 bits per heavy atom. The van der Waals surface area contributed by atoms with Gasteiger partial charge in [-0.3, -0.25) is 4.90 Å². The summed E-state index contributed by atoms with van der Waals surface area (Å²) >= 11 is 1.85. The van der Waals surface area contributed by atoms with Crippen LogP contribution in [0.1, 0.15) is 25.7 Å². The van der Waals surface area contributed by atoms with Gasteiger partial charge in [-0.25, -0.2) is 0 Å². The lowest BCUT2D eigenvalue weighted by molar-refractivity contribution is -0.0507. The molecule has 2 saturated carbocycles. The van der Waals surface area contributed by atoms with E-state index in [2.05, 4.69) is 39.4 Å². The van der Waals surface area contributed by atoms with Crippen molar-refractivity contribution in [2.75, 3.05) is 37.6 Å². The van der Waals surface area contributed by atoms with Gasteiger partial charge in [0.1, 0.15) is 0 Å². The Bertz CT molecular complexity index is 723. The molecule has 1 saturated heterocycles. The number of benzene rings is 1. The van der Waals surface area contributed by atoms with Gasteiger partial charge in [0.2, 0.25) is 0 Å². The summed E-state index contributed by atoms with van der Waals surface area (Å²) in [5.74, 6) is 0.935. The molecule has 1 spiro atoms. The third-order valence-electron chi connectivity index (χ3n) is 6.54. The Hall–Kier alpha value is -0.810. The van der Waals surface area contributed by atoms with Crippen LogP contribution in [0.15, 0.2) is 29.6 Å². The minimum absolute atomic E-state index is 0. The van der Waals surface area contributed by atoms with E-state index in [1.54, 1.807) is 0 Å². The van der Waals surface area contributed by atoms with Gasteiger partial charge in [-0.05, 0) is 60.6 Å². The first-order valence-electron chi connectivity index (χ1n) is 9.40. The molecule has 3 aliphatic rings. The van der Waals surface area contributed by atoms with Crippen LogP contribution in [0.3, 0.4) is 0 Å². The van der Waals surface area contributed by atoms with Crippen molar-refractivity contribution in [3.63, 3.8) is 0 Å². The van der Waals surface area contributed by atoms with Gasteiger partial charge in [-0.2, -0.15) is 0 Å². The van der Waals surface area contributed by atoms with E-state index in [4.69, 9.17) is 5.73 Å². The molecule has 136 valence electrons. The summed E-state index contributed by atoms with van der Waals surface area (Å²) in [6, 6.07) is 9.52. The third-order valence-corrected chi connectivity index (χ3v) is 7.42. The Kier molecular flexibility index (Phi) is 4.74. The van der Waals surface area contributed by atoms with Gasteiger partial charge >= 0.3 is 0 Å². The van der Waals surface area contributed by atoms with Gasteiger partial charge in [0.25, 0.3) is 0 Å². The summed E-state index contributed by atoms with van der Waals surface area (Å²) in [5, 5.41) is 3.64. The molecule has 1 aromatic heterocycles. The van der Waals surface area contributed by atoms with Crippen LogP contribution in [-0.4, -0.2) is 43.7 Å². The highest BCUT2D eigenvalue weighted by Crippen LogP contribution is 2.58. The highest BCUT2D eigenvalue weighted by atomic mass is 35.5. The van der Waals surface area contributed by atoms with Crippen molar-refractivity contribution >= 4 is 39.5 Å². The molecule has 2 N–H and O–H groups in total. The molecule has 3 fully saturated rings. The fourth-order valence-corrected chi connectivity index (χ4v) is 6.28. The van der Waals surface area contributed by atoms with E-state index in [0.29, 0.717) is 11.5 Å². The number of halogens is 1. The lowest BCUT2D eigenvalue weighted by atomic mass is 9.50. The monoisotopic (exact) mass is 377 g/mol. The van der Waals surface area contributed by atoms with E-state index < -0.39 is 0 Å². The second kappa shape index (κ2) is 6.73. The van der Waals surface area contributed by atoms with Crippen molar-refractivity contribution in [1.82, 2.24) is 4.90 Å². The first-order valence-corrected chi connectivity index (χ1v) is 10.3. The van der Waals surface area contributed by atoms with Crippen molar-refractivity contribution in [3.05, 3.63) is 29.6 Å². The fourth-order valence-electron chi connectivity index (χ4n) is 5.47. The molecule has 2 heterocycles. The minimum Gasteiger partial charge on any atom is -0.368 e. The summed E-state index contributed by atoms with van der Waals surface area (Å²) in [6.45, 7) is 6.07. The van der Waals surface area contributed by atoms with E-state index >= 15 is 0 Å². The van der Waals surface area contributed by atoms with E-state index in [0.717, 1.165) is 19.0 Å². The molecule has 0 unspecified atom stereocenters. The molecule has 0 amide bonds. The van der Waals surface area contributed by atoms with E-state index in [1.807, 2.05) is 11.3 Å². The molecule has 1 aromatic carbocycles. The summed E-state index contributed by atoms with van der Waals surface area (Å²) < 4.78 is 1.41. The largest absolute Gasteiger partial charge is 0.368 e. The number of thiophene rings is 1. The van der Waals surface area contributed by atoms with E-state index in [9.17, 15) is 0 Å². The van der Waals surface area contributed by atoms with E-state index in [1.165, 1.54) is 61.1 Å². The fraction of sp³-hybridized carbons (Fsp3) is 0.600. The van der Waals surface area contributed by atoms with Gasteiger partial charge in [0, 0.05) is 54.5 Å². The zero-order valence-corrected chi connectivity index (χ0v) is 16.3. The normalized spacial score (nSPS) is 32.3.